The second kappa shape index (κ2) is 5.31. The fourth-order valence-corrected chi connectivity index (χ4v) is 1.94. The number of rotatable bonds is 3. The number of aromatic nitrogens is 2. The highest BCUT2D eigenvalue weighted by molar-refractivity contribution is 6.31. The van der Waals surface area contributed by atoms with Crippen molar-refractivity contribution in [2.45, 2.75) is 20.4 Å². The Balaban J connectivity index is 2.14. The third-order valence-corrected chi connectivity index (χ3v) is 2.89. The molecule has 0 saturated heterocycles. The van der Waals surface area contributed by atoms with Gasteiger partial charge in [-0.2, -0.15) is 0 Å². The van der Waals surface area contributed by atoms with Gasteiger partial charge in [-0.3, -0.25) is 0 Å². The minimum Gasteiger partial charge on any atom is -0.363 e. The molecule has 0 bridgehead atoms. The first kappa shape index (κ1) is 12.8. The number of nitrogens with one attached hydrogen (secondary N) is 1. The Morgan fingerprint density at radius 3 is 2.39 bits per heavy atom. The summed E-state index contributed by atoms with van der Waals surface area (Å²) in [7, 11) is 0. The van der Waals surface area contributed by atoms with Crippen molar-refractivity contribution in [2.24, 2.45) is 0 Å². The maximum atomic E-state index is 13.5. The molecular formula is C13H13ClFN3. The van der Waals surface area contributed by atoms with Gasteiger partial charge in [0, 0.05) is 18.9 Å². The molecule has 1 heterocycles. The van der Waals surface area contributed by atoms with E-state index >= 15 is 0 Å². The third-order valence-electron chi connectivity index (χ3n) is 2.61. The topological polar surface area (TPSA) is 37.8 Å². The van der Waals surface area contributed by atoms with Gasteiger partial charge in [-0.15, -0.1) is 0 Å². The molecular weight excluding hydrogens is 253 g/mol. The smallest absolute Gasteiger partial charge is 0.171 e. The van der Waals surface area contributed by atoms with Crippen molar-refractivity contribution >= 4 is 17.4 Å². The summed E-state index contributed by atoms with van der Waals surface area (Å²) < 4.78 is 13.5. The summed E-state index contributed by atoms with van der Waals surface area (Å²) in [5, 5.41) is 3.40. The first-order chi connectivity index (χ1) is 8.58. The molecule has 0 amide bonds. The third kappa shape index (κ3) is 2.76. The van der Waals surface area contributed by atoms with Crippen LogP contribution >= 0.6 is 11.6 Å². The molecule has 0 unspecified atom stereocenters. The molecule has 0 aliphatic rings. The maximum absolute atomic E-state index is 13.5. The lowest BCUT2D eigenvalue weighted by Gasteiger charge is -2.09. The number of halogens is 2. The largest absolute Gasteiger partial charge is 0.363 e. The summed E-state index contributed by atoms with van der Waals surface area (Å²) in [4.78, 5) is 8.00. The van der Waals surface area contributed by atoms with Crippen LogP contribution < -0.4 is 5.32 Å². The molecule has 2 rings (SSSR count). The maximum Gasteiger partial charge on any atom is 0.171 e. The van der Waals surface area contributed by atoms with E-state index in [1.54, 1.807) is 32.2 Å². The fraction of sp³-hybridized carbons (Fsp3) is 0.231. The predicted octanol–water partition coefficient (Wildman–Crippen LogP) is 3.50. The minimum atomic E-state index is -0.156. The summed E-state index contributed by atoms with van der Waals surface area (Å²) in [6.07, 6.45) is 3.09. The van der Waals surface area contributed by atoms with Crippen molar-refractivity contribution in [1.82, 2.24) is 9.97 Å². The van der Waals surface area contributed by atoms with E-state index in [4.69, 9.17) is 11.6 Å². The van der Waals surface area contributed by atoms with Gasteiger partial charge >= 0.3 is 0 Å². The lowest BCUT2D eigenvalue weighted by Crippen LogP contribution is -2.04. The summed E-state index contributed by atoms with van der Waals surface area (Å²) in [6, 6.07) is 3.61. The van der Waals surface area contributed by atoms with Crippen LogP contribution in [0.4, 0.5) is 10.2 Å². The van der Waals surface area contributed by atoms with Crippen molar-refractivity contribution in [3.05, 3.63) is 52.2 Å². The zero-order chi connectivity index (χ0) is 13.1. The average Bonchev–Trinajstić information content (AvgIpc) is 2.35. The highest BCUT2D eigenvalue weighted by Crippen LogP contribution is 2.18. The normalized spacial score (nSPS) is 10.4. The molecule has 1 N–H and O–H groups in total. The quantitative estimate of drug-likeness (QED) is 0.923. The highest BCUT2D eigenvalue weighted by Gasteiger charge is 2.05. The molecule has 94 valence electrons. The van der Waals surface area contributed by atoms with Crippen LogP contribution in [0.1, 0.15) is 16.7 Å². The van der Waals surface area contributed by atoms with E-state index in [2.05, 4.69) is 15.3 Å². The molecule has 0 atom stereocenters. The van der Waals surface area contributed by atoms with Crippen LogP contribution in [-0.4, -0.2) is 9.97 Å². The SMILES string of the molecule is Cc1cc(CNc2nccnc2Cl)cc(C)c1F. The predicted molar refractivity (Wildman–Crippen MR) is 70.2 cm³/mol. The Hall–Kier alpha value is -1.68. The molecule has 3 nitrogen and oxygen atoms in total. The summed E-state index contributed by atoms with van der Waals surface area (Å²) >= 11 is 5.88. The fourth-order valence-electron chi connectivity index (χ4n) is 1.76. The van der Waals surface area contributed by atoms with Gasteiger partial charge in [0.1, 0.15) is 5.82 Å². The number of aryl methyl sites for hydroxylation is 2. The monoisotopic (exact) mass is 265 g/mol. The van der Waals surface area contributed by atoms with Gasteiger partial charge in [-0.05, 0) is 30.5 Å². The number of hydrogen-bond acceptors (Lipinski definition) is 3. The van der Waals surface area contributed by atoms with Crippen molar-refractivity contribution < 1.29 is 4.39 Å². The van der Waals surface area contributed by atoms with Crippen molar-refractivity contribution in [3.8, 4) is 0 Å². The van der Waals surface area contributed by atoms with E-state index in [1.165, 1.54) is 6.20 Å². The van der Waals surface area contributed by atoms with Crippen LogP contribution in [0.3, 0.4) is 0 Å². The molecule has 0 saturated carbocycles. The highest BCUT2D eigenvalue weighted by atomic mass is 35.5. The molecule has 1 aromatic carbocycles. The molecule has 0 fully saturated rings. The second-order valence-electron chi connectivity index (χ2n) is 4.09. The van der Waals surface area contributed by atoms with E-state index in [0.717, 1.165) is 5.56 Å². The van der Waals surface area contributed by atoms with Crippen LogP contribution in [0.5, 0.6) is 0 Å². The molecule has 0 aliphatic carbocycles. The number of anilines is 1. The molecule has 18 heavy (non-hydrogen) atoms. The summed E-state index contributed by atoms with van der Waals surface area (Å²) in [5.41, 5.74) is 2.25. The van der Waals surface area contributed by atoms with Gasteiger partial charge in [0.05, 0.1) is 0 Å². The molecule has 1 aromatic heterocycles. The number of nitrogens with zero attached hydrogens (tertiary/aromatic N) is 2. The Bertz CT molecular complexity index is 549. The van der Waals surface area contributed by atoms with E-state index in [1.807, 2.05) is 0 Å². The van der Waals surface area contributed by atoms with Crippen molar-refractivity contribution in [1.29, 1.82) is 0 Å². The van der Waals surface area contributed by atoms with Crippen LogP contribution in [0.15, 0.2) is 24.5 Å². The Kier molecular flexibility index (Phi) is 3.77. The lowest BCUT2D eigenvalue weighted by atomic mass is 10.1. The van der Waals surface area contributed by atoms with Crippen molar-refractivity contribution in [2.75, 3.05) is 5.32 Å². The van der Waals surface area contributed by atoms with E-state index in [-0.39, 0.29) is 5.82 Å². The zero-order valence-corrected chi connectivity index (χ0v) is 10.9. The Labute approximate surface area is 110 Å². The average molecular weight is 266 g/mol. The van der Waals surface area contributed by atoms with Crippen LogP contribution in [0.25, 0.3) is 0 Å². The summed E-state index contributed by atoms with van der Waals surface area (Å²) in [5.74, 6) is 0.370. The van der Waals surface area contributed by atoms with E-state index < -0.39 is 0 Å². The second-order valence-corrected chi connectivity index (χ2v) is 4.45. The van der Waals surface area contributed by atoms with Gasteiger partial charge in [0.2, 0.25) is 0 Å². The molecule has 2 aromatic rings. The van der Waals surface area contributed by atoms with Gasteiger partial charge in [0.15, 0.2) is 11.0 Å². The Morgan fingerprint density at radius 1 is 1.17 bits per heavy atom. The van der Waals surface area contributed by atoms with E-state index in [0.29, 0.717) is 28.6 Å². The van der Waals surface area contributed by atoms with E-state index in [9.17, 15) is 4.39 Å². The standard InChI is InChI=1S/C13H13ClFN3/c1-8-5-10(6-9(2)11(8)15)7-18-13-12(14)16-3-4-17-13/h3-6H,7H2,1-2H3,(H,17,18). The van der Waals surface area contributed by atoms with Crippen LogP contribution in [-0.2, 0) is 6.54 Å². The minimum absolute atomic E-state index is 0.156. The molecule has 0 spiro atoms. The van der Waals surface area contributed by atoms with Crippen LogP contribution in [0, 0.1) is 19.7 Å². The lowest BCUT2D eigenvalue weighted by molar-refractivity contribution is 0.608. The first-order valence-electron chi connectivity index (χ1n) is 5.54. The van der Waals surface area contributed by atoms with Gasteiger partial charge in [-0.25, -0.2) is 14.4 Å². The molecule has 0 aliphatic heterocycles. The van der Waals surface area contributed by atoms with Gasteiger partial charge in [0.25, 0.3) is 0 Å². The van der Waals surface area contributed by atoms with Gasteiger partial charge < -0.3 is 5.32 Å². The van der Waals surface area contributed by atoms with Crippen molar-refractivity contribution in [3.63, 3.8) is 0 Å². The van der Waals surface area contributed by atoms with Crippen LogP contribution in [0.2, 0.25) is 5.15 Å². The first-order valence-corrected chi connectivity index (χ1v) is 5.91. The van der Waals surface area contributed by atoms with Gasteiger partial charge in [-0.1, -0.05) is 23.7 Å². The summed E-state index contributed by atoms with van der Waals surface area (Å²) in [6.45, 7) is 4.03. The Morgan fingerprint density at radius 2 is 1.78 bits per heavy atom. The molecule has 0 radical (unpaired) electrons. The number of hydrogen-bond donors (Lipinski definition) is 1. The zero-order valence-electron chi connectivity index (χ0n) is 10.2. The number of benzene rings is 1. The molecule has 5 heteroatoms.